The van der Waals surface area contributed by atoms with E-state index in [1.807, 2.05) is 6.92 Å². The Hall–Kier alpha value is -2.97. The number of nitrogens with two attached hydrogens (primary N) is 1. The topological polar surface area (TPSA) is 132 Å². The fraction of sp³-hybridized carbons (Fsp3) is 0.471. The van der Waals surface area contributed by atoms with Crippen LogP contribution in [0.1, 0.15) is 27.7 Å². The second-order valence-corrected chi connectivity index (χ2v) is 5.87. The molecular formula is C17H26N4O5. The summed E-state index contributed by atoms with van der Waals surface area (Å²) in [6, 6.07) is 5.13. The third kappa shape index (κ3) is 6.88. The predicted molar refractivity (Wildman–Crippen MR) is 95.3 cm³/mol. The van der Waals surface area contributed by atoms with Crippen molar-refractivity contribution in [3.05, 3.63) is 24.3 Å². The number of amides is 4. The highest BCUT2D eigenvalue weighted by Crippen LogP contribution is 2.18. The third-order valence-corrected chi connectivity index (χ3v) is 3.37. The summed E-state index contributed by atoms with van der Waals surface area (Å²) in [6.45, 7) is 7.45. The van der Waals surface area contributed by atoms with E-state index >= 15 is 0 Å². The molecule has 144 valence electrons. The molecule has 0 saturated heterocycles. The van der Waals surface area contributed by atoms with E-state index < -0.39 is 30.0 Å². The van der Waals surface area contributed by atoms with Crippen LogP contribution in [0.3, 0.4) is 0 Å². The van der Waals surface area contributed by atoms with Gasteiger partial charge in [0, 0.05) is 0 Å². The Labute approximate surface area is 152 Å². The van der Waals surface area contributed by atoms with Gasteiger partial charge in [0.05, 0.1) is 6.61 Å². The van der Waals surface area contributed by atoms with Gasteiger partial charge in [0.25, 0.3) is 11.8 Å². The van der Waals surface area contributed by atoms with Gasteiger partial charge < -0.3 is 20.5 Å². The number of hydrogen-bond acceptors (Lipinski definition) is 5. The molecule has 0 spiro atoms. The minimum atomic E-state index is -0.866. The molecule has 5 N–H and O–H groups in total. The fourth-order valence-corrected chi connectivity index (χ4v) is 2.03. The van der Waals surface area contributed by atoms with Crippen molar-refractivity contribution < 1.29 is 23.9 Å². The summed E-state index contributed by atoms with van der Waals surface area (Å²) in [5.74, 6) is -0.157. The Morgan fingerprint density at radius 1 is 1.00 bits per heavy atom. The highest BCUT2D eigenvalue weighted by molar-refractivity contribution is 5.89. The number of primary amides is 1. The molecule has 4 amide bonds. The Morgan fingerprint density at radius 2 is 1.54 bits per heavy atom. The van der Waals surface area contributed by atoms with Crippen LogP contribution in [0.15, 0.2) is 24.3 Å². The standard InChI is InChI=1S/C17H26N4O5/c1-5-25-12-6-8-13(9-7-12)26-11(4)15(22)20-21-16(23)14(10(2)3)19-17(18)24/h6-11,14H,5H2,1-4H3,(H,20,22)(H,21,23)(H3,18,19,24)/t11-,14-/m0/s1. The Bertz CT molecular complexity index is 618. The highest BCUT2D eigenvalue weighted by Gasteiger charge is 2.24. The summed E-state index contributed by atoms with van der Waals surface area (Å²) in [5, 5.41) is 2.32. The van der Waals surface area contributed by atoms with E-state index in [2.05, 4.69) is 16.2 Å². The first-order chi connectivity index (χ1) is 12.2. The monoisotopic (exact) mass is 366 g/mol. The van der Waals surface area contributed by atoms with Crippen molar-refractivity contribution in [1.29, 1.82) is 0 Å². The molecule has 0 radical (unpaired) electrons. The zero-order valence-electron chi connectivity index (χ0n) is 15.4. The minimum Gasteiger partial charge on any atom is -0.494 e. The van der Waals surface area contributed by atoms with Crippen LogP contribution in [0.4, 0.5) is 4.79 Å². The van der Waals surface area contributed by atoms with E-state index in [-0.39, 0.29) is 5.92 Å². The number of benzene rings is 1. The van der Waals surface area contributed by atoms with Crippen LogP contribution in [0.25, 0.3) is 0 Å². The number of urea groups is 1. The fourth-order valence-electron chi connectivity index (χ4n) is 2.03. The lowest BCUT2D eigenvalue weighted by Crippen LogP contribution is -2.56. The van der Waals surface area contributed by atoms with Gasteiger partial charge >= 0.3 is 6.03 Å². The summed E-state index contributed by atoms with van der Waals surface area (Å²) in [7, 11) is 0. The lowest BCUT2D eigenvalue weighted by atomic mass is 10.0. The van der Waals surface area contributed by atoms with Crippen LogP contribution in [0.5, 0.6) is 11.5 Å². The van der Waals surface area contributed by atoms with Crippen LogP contribution in [-0.4, -0.2) is 36.6 Å². The number of ether oxygens (including phenoxy) is 2. The van der Waals surface area contributed by atoms with Gasteiger partial charge in [-0.25, -0.2) is 4.79 Å². The molecule has 0 heterocycles. The molecule has 0 saturated carbocycles. The van der Waals surface area contributed by atoms with Gasteiger partial charge in [-0.1, -0.05) is 13.8 Å². The Balaban J connectivity index is 2.52. The van der Waals surface area contributed by atoms with E-state index in [4.69, 9.17) is 15.2 Å². The molecule has 9 heteroatoms. The number of carbonyl (C=O) groups excluding carboxylic acids is 3. The van der Waals surface area contributed by atoms with Gasteiger partial charge in [0.15, 0.2) is 6.10 Å². The molecule has 0 aliphatic rings. The first kappa shape index (κ1) is 21.1. The molecule has 1 aromatic carbocycles. The lowest BCUT2D eigenvalue weighted by molar-refractivity contribution is -0.133. The van der Waals surface area contributed by atoms with E-state index in [1.54, 1.807) is 45.0 Å². The van der Waals surface area contributed by atoms with Gasteiger partial charge in [-0.05, 0) is 44.0 Å². The Kier molecular flexibility index (Phi) is 8.20. The Morgan fingerprint density at radius 3 is 2.04 bits per heavy atom. The predicted octanol–water partition coefficient (Wildman–Crippen LogP) is 0.693. The highest BCUT2D eigenvalue weighted by atomic mass is 16.5. The summed E-state index contributed by atoms with van der Waals surface area (Å²) >= 11 is 0. The molecule has 26 heavy (non-hydrogen) atoms. The van der Waals surface area contributed by atoms with E-state index in [1.165, 1.54) is 0 Å². The maximum atomic E-state index is 12.1. The summed E-state index contributed by atoms with van der Waals surface area (Å²) in [4.78, 5) is 35.1. The van der Waals surface area contributed by atoms with Gasteiger partial charge in [0.2, 0.25) is 0 Å². The van der Waals surface area contributed by atoms with Crippen molar-refractivity contribution in [1.82, 2.24) is 16.2 Å². The molecule has 0 aliphatic carbocycles. The summed E-state index contributed by atoms with van der Waals surface area (Å²) in [5.41, 5.74) is 9.56. The molecule has 1 rings (SSSR count). The summed E-state index contributed by atoms with van der Waals surface area (Å²) < 4.78 is 10.8. The van der Waals surface area contributed by atoms with Crippen molar-refractivity contribution in [2.75, 3.05) is 6.61 Å². The van der Waals surface area contributed by atoms with E-state index in [9.17, 15) is 14.4 Å². The van der Waals surface area contributed by atoms with Crippen LogP contribution in [-0.2, 0) is 9.59 Å². The second kappa shape index (κ2) is 10.1. The maximum Gasteiger partial charge on any atom is 0.312 e. The molecule has 0 aromatic heterocycles. The van der Waals surface area contributed by atoms with Crippen molar-refractivity contribution >= 4 is 17.8 Å². The zero-order chi connectivity index (χ0) is 19.7. The van der Waals surface area contributed by atoms with Crippen molar-refractivity contribution in [2.45, 2.75) is 39.8 Å². The van der Waals surface area contributed by atoms with Gasteiger partial charge in [-0.3, -0.25) is 20.4 Å². The van der Waals surface area contributed by atoms with Crippen LogP contribution < -0.4 is 31.4 Å². The largest absolute Gasteiger partial charge is 0.494 e. The van der Waals surface area contributed by atoms with Crippen molar-refractivity contribution in [2.24, 2.45) is 11.7 Å². The molecule has 0 bridgehead atoms. The molecule has 2 atom stereocenters. The molecule has 1 aromatic rings. The maximum absolute atomic E-state index is 12.1. The first-order valence-corrected chi connectivity index (χ1v) is 8.29. The molecular weight excluding hydrogens is 340 g/mol. The number of rotatable bonds is 8. The smallest absolute Gasteiger partial charge is 0.312 e. The van der Waals surface area contributed by atoms with Gasteiger partial charge in [-0.2, -0.15) is 0 Å². The number of hydrazine groups is 1. The summed E-state index contributed by atoms with van der Waals surface area (Å²) in [6.07, 6.45) is -0.852. The third-order valence-electron chi connectivity index (χ3n) is 3.37. The molecule has 0 unspecified atom stereocenters. The minimum absolute atomic E-state index is 0.211. The van der Waals surface area contributed by atoms with Crippen molar-refractivity contribution in [3.63, 3.8) is 0 Å². The molecule has 0 fully saturated rings. The zero-order valence-corrected chi connectivity index (χ0v) is 15.4. The van der Waals surface area contributed by atoms with Crippen LogP contribution in [0, 0.1) is 5.92 Å². The second-order valence-electron chi connectivity index (χ2n) is 5.87. The quantitative estimate of drug-likeness (QED) is 0.503. The lowest BCUT2D eigenvalue weighted by Gasteiger charge is -2.21. The normalized spacial score (nSPS) is 12.7. The van der Waals surface area contributed by atoms with Crippen LogP contribution in [0.2, 0.25) is 0 Å². The number of hydrogen-bond donors (Lipinski definition) is 4. The SMILES string of the molecule is CCOc1ccc(O[C@@H](C)C(=O)NNC(=O)[C@@H](NC(N)=O)C(C)C)cc1. The average molecular weight is 366 g/mol. The first-order valence-electron chi connectivity index (χ1n) is 8.29. The van der Waals surface area contributed by atoms with Gasteiger partial charge in [-0.15, -0.1) is 0 Å². The molecule has 0 aliphatic heterocycles. The van der Waals surface area contributed by atoms with E-state index in [0.29, 0.717) is 18.1 Å². The average Bonchev–Trinajstić information content (AvgIpc) is 2.58. The van der Waals surface area contributed by atoms with Gasteiger partial charge in [0.1, 0.15) is 17.5 Å². The van der Waals surface area contributed by atoms with E-state index in [0.717, 1.165) is 0 Å². The van der Waals surface area contributed by atoms with Crippen molar-refractivity contribution in [3.8, 4) is 11.5 Å². The molecule has 9 nitrogen and oxygen atoms in total. The van der Waals surface area contributed by atoms with Crippen LogP contribution >= 0.6 is 0 Å². The number of carbonyl (C=O) groups is 3. The number of nitrogens with one attached hydrogen (secondary N) is 3.